The normalized spacial score (nSPS) is 21.6. The topological polar surface area (TPSA) is 59.6 Å². The van der Waals surface area contributed by atoms with Gasteiger partial charge in [0.15, 0.2) is 0 Å². The number of benzene rings is 1. The van der Waals surface area contributed by atoms with Crippen LogP contribution in [-0.2, 0) is 9.47 Å². The molecule has 0 spiro atoms. The molecule has 5 nitrogen and oxygen atoms in total. The fourth-order valence-corrected chi connectivity index (χ4v) is 2.49. The summed E-state index contributed by atoms with van der Waals surface area (Å²) in [5.74, 6) is -0.498. The van der Waals surface area contributed by atoms with E-state index in [0.717, 1.165) is 18.5 Å². The van der Waals surface area contributed by atoms with Crippen molar-refractivity contribution >= 4 is 17.5 Å². The first kappa shape index (κ1) is 17.5. The van der Waals surface area contributed by atoms with Crippen LogP contribution in [0.1, 0.15) is 40.5 Å². The molecule has 1 fully saturated rings. The summed E-state index contributed by atoms with van der Waals surface area (Å²) in [6.07, 6.45) is 1.33. The molecule has 0 aromatic heterocycles. The number of hydrogen-bond acceptors (Lipinski definition) is 4. The highest BCUT2D eigenvalue weighted by molar-refractivity contribution is 5.85. The van der Waals surface area contributed by atoms with Crippen molar-refractivity contribution in [3.8, 4) is 0 Å². The van der Waals surface area contributed by atoms with Crippen LogP contribution in [0.15, 0.2) is 18.2 Å². The minimum atomic E-state index is -0.673. The van der Waals surface area contributed by atoms with Crippen molar-refractivity contribution in [2.24, 2.45) is 0 Å². The Morgan fingerprint density at radius 1 is 1.39 bits per heavy atom. The number of hydrogen-bond donors (Lipinski definition) is 2. The zero-order chi connectivity index (χ0) is 17.0. The van der Waals surface area contributed by atoms with E-state index < -0.39 is 17.5 Å². The Balaban J connectivity index is 2.02. The molecule has 1 saturated heterocycles. The van der Waals surface area contributed by atoms with Gasteiger partial charge in [-0.2, -0.15) is 0 Å². The molecule has 1 aromatic carbocycles. The second-order valence-corrected chi connectivity index (χ2v) is 6.87. The Kier molecular flexibility index (Phi) is 5.46. The molecule has 1 heterocycles. The van der Waals surface area contributed by atoms with Crippen LogP contribution in [0, 0.1) is 5.82 Å². The van der Waals surface area contributed by atoms with Gasteiger partial charge in [-0.1, -0.05) is 0 Å². The Labute approximate surface area is 136 Å². The summed E-state index contributed by atoms with van der Waals surface area (Å²) in [5, 5.41) is 5.81. The van der Waals surface area contributed by atoms with Crippen LogP contribution in [0.3, 0.4) is 0 Å². The molecule has 1 aliphatic rings. The number of carbonyl (C=O) groups is 1. The van der Waals surface area contributed by atoms with Gasteiger partial charge in [-0.15, -0.1) is 0 Å². The van der Waals surface area contributed by atoms with Gasteiger partial charge in [0.05, 0.1) is 11.8 Å². The number of amides is 1. The predicted octanol–water partition coefficient (Wildman–Crippen LogP) is 4.15. The molecule has 1 amide bonds. The van der Waals surface area contributed by atoms with Crippen molar-refractivity contribution in [1.29, 1.82) is 0 Å². The van der Waals surface area contributed by atoms with Gasteiger partial charge in [-0.05, 0) is 58.7 Å². The first-order chi connectivity index (χ1) is 10.7. The molecular formula is C17H25FN2O3. The zero-order valence-corrected chi connectivity index (χ0v) is 14.1. The molecule has 2 unspecified atom stereocenters. The Morgan fingerprint density at radius 3 is 2.78 bits per heavy atom. The maximum absolute atomic E-state index is 13.9. The molecule has 128 valence electrons. The van der Waals surface area contributed by atoms with E-state index in [2.05, 4.69) is 10.6 Å². The lowest BCUT2D eigenvalue weighted by Gasteiger charge is -2.28. The van der Waals surface area contributed by atoms with E-state index in [4.69, 9.17) is 9.47 Å². The van der Waals surface area contributed by atoms with Crippen LogP contribution in [0.25, 0.3) is 0 Å². The van der Waals surface area contributed by atoms with E-state index >= 15 is 0 Å². The fraction of sp³-hybridized carbons (Fsp3) is 0.588. The molecule has 0 saturated carbocycles. The lowest BCUT2D eigenvalue weighted by molar-refractivity contribution is 0.0232. The molecular weight excluding hydrogens is 299 g/mol. The molecule has 0 bridgehead atoms. The fourth-order valence-electron chi connectivity index (χ4n) is 2.49. The Bertz CT molecular complexity index is 557. The Morgan fingerprint density at radius 2 is 2.13 bits per heavy atom. The average molecular weight is 324 g/mol. The van der Waals surface area contributed by atoms with Gasteiger partial charge < -0.3 is 14.8 Å². The number of anilines is 2. The molecule has 1 aromatic rings. The van der Waals surface area contributed by atoms with Gasteiger partial charge in [0.2, 0.25) is 0 Å². The third kappa shape index (κ3) is 5.71. The summed E-state index contributed by atoms with van der Waals surface area (Å²) in [7, 11) is 0. The van der Waals surface area contributed by atoms with Gasteiger partial charge in [0.25, 0.3) is 0 Å². The molecule has 1 aliphatic heterocycles. The number of rotatable bonds is 3. The number of ether oxygens (including phenoxy) is 2. The van der Waals surface area contributed by atoms with Crippen molar-refractivity contribution in [2.45, 2.75) is 58.3 Å². The predicted molar refractivity (Wildman–Crippen MR) is 88.3 cm³/mol. The van der Waals surface area contributed by atoms with Gasteiger partial charge in [-0.25, -0.2) is 9.18 Å². The third-order valence-corrected chi connectivity index (χ3v) is 3.46. The van der Waals surface area contributed by atoms with E-state index in [1.165, 1.54) is 6.07 Å². The zero-order valence-electron chi connectivity index (χ0n) is 14.1. The highest BCUT2D eigenvalue weighted by Gasteiger charge is 2.20. The van der Waals surface area contributed by atoms with Crippen LogP contribution in [0.2, 0.25) is 0 Å². The highest BCUT2D eigenvalue weighted by Crippen LogP contribution is 2.24. The van der Waals surface area contributed by atoms with Gasteiger partial charge in [0, 0.05) is 18.3 Å². The largest absolute Gasteiger partial charge is 0.444 e. The number of halogens is 1. The molecule has 0 radical (unpaired) electrons. The second kappa shape index (κ2) is 7.17. The maximum Gasteiger partial charge on any atom is 0.412 e. The van der Waals surface area contributed by atoms with Crippen molar-refractivity contribution in [1.82, 2.24) is 0 Å². The maximum atomic E-state index is 13.9. The smallest absolute Gasteiger partial charge is 0.412 e. The number of carbonyl (C=O) groups excluding carboxylic acids is 1. The summed E-state index contributed by atoms with van der Waals surface area (Å²) in [6.45, 7) is 8.02. The van der Waals surface area contributed by atoms with Crippen LogP contribution in [-0.4, -0.2) is 30.4 Å². The molecule has 6 heteroatoms. The summed E-state index contributed by atoms with van der Waals surface area (Å²) in [5.41, 5.74) is 0.232. The molecule has 2 N–H and O–H groups in total. The standard InChI is InChI=1S/C17H25FN2O3/c1-11-9-13(7-8-22-11)19-12-5-6-14(18)15(10-12)20-16(21)23-17(2,3)4/h5-6,10-11,13,19H,7-9H2,1-4H3,(H,20,21). The summed E-state index contributed by atoms with van der Waals surface area (Å²) >= 11 is 0. The van der Waals surface area contributed by atoms with Crippen molar-refractivity contribution < 1.29 is 18.7 Å². The van der Waals surface area contributed by atoms with Gasteiger partial charge in [-0.3, -0.25) is 5.32 Å². The third-order valence-electron chi connectivity index (χ3n) is 3.46. The summed E-state index contributed by atoms with van der Waals surface area (Å²) in [4.78, 5) is 11.8. The average Bonchev–Trinajstić information content (AvgIpc) is 2.40. The first-order valence-corrected chi connectivity index (χ1v) is 7.90. The van der Waals surface area contributed by atoms with Crippen LogP contribution >= 0.6 is 0 Å². The monoisotopic (exact) mass is 324 g/mol. The summed E-state index contributed by atoms with van der Waals surface area (Å²) in [6, 6.07) is 4.85. The van der Waals surface area contributed by atoms with Crippen molar-refractivity contribution in [3.63, 3.8) is 0 Å². The minimum Gasteiger partial charge on any atom is -0.444 e. The minimum absolute atomic E-state index is 0.101. The molecule has 2 rings (SSSR count). The number of nitrogens with one attached hydrogen (secondary N) is 2. The van der Waals surface area contributed by atoms with E-state index in [9.17, 15) is 9.18 Å². The van der Waals surface area contributed by atoms with Crippen molar-refractivity contribution in [3.05, 3.63) is 24.0 Å². The SMILES string of the molecule is CC1CC(Nc2ccc(F)c(NC(=O)OC(C)(C)C)c2)CCO1. The lowest BCUT2D eigenvalue weighted by atomic mass is 10.0. The van der Waals surface area contributed by atoms with Gasteiger partial charge in [0.1, 0.15) is 11.4 Å². The lowest BCUT2D eigenvalue weighted by Crippen LogP contribution is -2.32. The van der Waals surface area contributed by atoms with E-state index in [0.29, 0.717) is 6.61 Å². The van der Waals surface area contributed by atoms with Crippen LogP contribution in [0.5, 0.6) is 0 Å². The quantitative estimate of drug-likeness (QED) is 0.877. The van der Waals surface area contributed by atoms with Crippen LogP contribution < -0.4 is 10.6 Å². The summed E-state index contributed by atoms with van der Waals surface area (Å²) < 4.78 is 24.5. The second-order valence-electron chi connectivity index (χ2n) is 6.87. The van der Waals surface area contributed by atoms with E-state index in [-0.39, 0.29) is 17.8 Å². The van der Waals surface area contributed by atoms with Crippen LogP contribution in [0.4, 0.5) is 20.6 Å². The highest BCUT2D eigenvalue weighted by atomic mass is 19.1. The van der Waals surface area contributed by atoms with Crippen molar-refractivity contribution in [2.75, 3.05) is 17.2 Å². The Hall–Kier alpha value is -1.82. The molecule has 23 heavy (non-hydrogen) atoms. The van der Waals surface area contributed by atoms with E-state index in [1.807, 2.05) is 6.92 Å². The van der Waals surface area contributed by atoms with Gasteiger partial charge >= 0.3 is 6.09 Å². The molecule has 2 atom stereocenters. The molecule has 0 aliphatic carbocycles. The first-order valence-electron chi connectivity index (χ1n) is 7.90. The van der Waals surface area contributed by atoms with E-state index in [1.54, 1.807) is 32.9 Å².